The molecule has 0 N–H and O–H groups in total. The van der Waals surface area contributed by atoms with Crippen LogP contribution < -0.4 is 5.19 Å². The normalized spacial score (nSPS) is 10.9. The van der Waals surface area contributed by atoms with Gasteiger partial charge < -0.3 is 4.43 Å². The van der Waals surface area contributed by atoms with Gasteiger partial charge in [-0.05, 0) is 42.0 Å². The van der Waals surface area contributed by atoms with Crippen LogP contribution in [0, 0.1) is 0 Å². The molecule has 1 rings (SSSR count). The molecule has 0 aliphatic carbocycles. The average Bonchev–Trinajstić information content (AvgIpc) is 2.48. The van der Waals surface area contributed by atoms with Gasteiger partial charge in [0, 0.05) is 6.08 Å². The van der Waals surface area contributed by atoms with Crippen LogP contribution in [0.5, 0.6) is 0 Å². The number of benzene rings is 1. The van der Waals surface area contributed by atoms with Gasteiger partial charge in [-0.3, -0.25) is 0 Å². The fourth-order valence-corrected chi connectivity index (χ4v) is 3.53. The van der Waals surface area contributed by atoms with Gasteiger partial charge in [0.1, 0.15) is 0 Å². The molecule has 0 radical (unpaired) electrons. The Balaban J connectivity index is 2.88. The van der Waals surface area contributed by atoms with Crippen molar-refractivity contribution in [2.45, 2.75) is 52.4 Å². The van der Waals surface area contributed by atoms with Gasteiger partial charge in [-0.15, -0.1) is 0 Å². The van der Waals surface area contributed by atoms with E-state index in [-0.39, 0.29) is 5.97 Å². The van der Waals surface area contributed by atoms with E-state index in [2.05, 4.69) is 38.6 Å². The number of carbonyl (C=O) groups excluding carboxylic acids is 1. The van der Waals surface area contributed by atoms with Crippen molar-refractivity contribution in [1.82, 2.24) is 0 Å². The Morgan fingerprint density at radius 1 is 1.25 bits per heavy atom. The van der Waals surface area contributed by atoms with Crippen molar-refractivity contribution in [3.05, 3.63) is 42.0 Å². The van der Waals surface area contributed by atoms with Crippen LogP contribution in [0.25, 0.3) is 0 Å². The highest BCUT2D eigenvalue weighted by molar-refractivity contribution is 6.49. The predicted molar refractivity (Wildman–Crippen MR) is 88.1 cm³/mol. The summed E-state index contributed by atoms with van der Waals surface area (Å²) >= 11 is 0. The maximum atomic E-state index is 11.3. The average molecular weight is 290 g/mol. The van der Waals surface area contributed by atoms with E-state index in [1.54, 1.807) is 0 Å². The number of rotatable bonds is 9. The van der Waals surface area contributed by atoms with Gasteiger partial charge in [0.05, 0.1) is 0 Å². The second kappa shape index (κ2) is 9.53. The first kappa shape index (κ1) is 16.7. The van der Waals surface area contributed by atoms with E-state index in [1.165, 1.54) is 48.1 Å². The van der Waals surface area contributed by atoms with E-state index in [0.29, 0.717) is 0 Å². The van der Waals surface area contributed by atoms with Crippen LogP contribution in [0.2, 0.25) is 0 Å². The summed E-state index contributed by atoms with van der Waals surface area (Å²) < 4.78 is 5.34. The molecule has 0 spiro atoms. The molecule has 0 aromatic heterocycles. The fraction of sp³-hybridized carbons (Fsp3) is 0.471. The lowest BCUT2D eigenvalue weighted by Gasteiger charge is -2.14. The first-order valence-electron chi connectivity index (χ1n) is 7.61. The van der Waals surface area contributed by atoms with Crippen LogP contribution in [0.3, 0.4) is 0 Å². The zero-order valence-electron chi connectivity index (χ0n) is 12.8. The van der Waals surface area contributed by atoms with E-state index in [0.717, 1.165) is 12.8 Å². The minimum absolute atomic E-state index is 0.294. The zero-order chi connectivity index (χ0) is 14.8. The molecule has 20 heavy (non-hydrogen) atoms. The second-order valence-electron chi connectivity index (χ2n) is 5.07. The molecule has 0 unspecified atom stereocenters. The largest absolute Gasteiger partial charge is 0.517 e. The third-order valence-corrected chi connectivity index (χ3v) is 4.89. The summed E-state index contributed by atoms with van der Waals surface area (Å²) in [7, 11) is -0.992. The van der Waals surface area contributed by atoms with Crippen molar-refractivity contribution in [3.8, 4) is 0 Å². The van der Waals surface area contributed by atoms with Crippen molar-refractivity contribution in [3.63, 3.8) is 0 Å². The molecule has 0 saturated heterocycles. The Labute approximate surface area is 125 Å². The lowest BCUT2D eigenvalue weighted by Crippen LogP contribution is -2.25. The van der Waals surface area contributed by atoms with Crippen LogP contribution >= 0.6 is 0 Å². The molecular weight excluding hydrogens is 264 g/mol. The molecule has 0 fully saturated rings. The Morgan fingerprint density at radius 2 is 1.95 bits per heavy atom. The molecule has 0 aliphatic rings. The Bertz CT molecular complexity index is 441. The Kier molecular flexibility index (Phi) is 7.96. The van der Waals surface area contributed by atoms with Gasteiger partial charge in [-0.1, -0.05) is 51.5 Å². The molecule has 3 heteroatoms. The van der Waals surface area contributed by atoms with Crippen LogP contribution in [0.1, 0.15) is 50.7 Å². The molecule has 1 aromatic carbocycles. The predicted octanol–water partition coefficient (Wildman–Crippen LogP) is 2.81. The summed E-state index contributed by atoms with van der Waals surface area (Å²) in [5, 5.41) is 1.28. The van der Waals surface area contributed by atoms with Crippen molar-refractivity contribution >= 4 is 20.9 Å². The highest BCUT2D eigenvalue weighted by Crippen LogP contribution is 2.13. The number of hydrogen-bond acceptors (Lipinski definition) is 2. The summed E-state index contributed by atoms with van der Waals surface area (Å²) in [6.07, 6.45) is 8.30. The molecule has 1 aromatic rings. The van der Waals surface area contributed by atoms with Crippen molar-refractivity contribution in [2.75, 3.05) is 0 Å². The first-order valence-corrected chi connectivity index (χ1v) is 8.90. The first-order chi connectivity index (χ1) is 9.72. The maximum absolute atomic E-state index is 11.3. The van der Waals surface area contributed by atoms with Crippen molar-refractivity contribution in [1.29, 1.82) is 0 Å². The Hall–Kier alpha value is -1.35. The molecule has 0 amide bonds. The van der Waals surface area contributed by atoms with Crippen molar-refractivity contribution < 1.29 is 9.22 Å². The summed E-state index contributed by atoms with van der Waals surface area (Å²) in [5.41, 5.74) is 2.88. The fourth-order valence-electron chi connectivity index (χ4n) is 2.31. The van der Waals surface area contributed by atoms with Gasteiger partial charge in [0.25, 0.3) is 9.76 Å². The summed E-state index contributed by atoms with van der Waals surface area (Å²) in [4.78, 5) is 11.3. The van der Waals surface area contributed by atoms with Crippen LogP contribution in [-0.2, 0) is 22.1 Å². The van der Waals surface area contributed by atoms with Crippen LogP contribution in [0.4, 0.5) is 0 Å². The molecule has 2 nitrogen and oxygen atoms in total. The number of unbranched alkanes of at least 4 members (excludes halogenated alkanes) is 2. The van der Waals surface area contributed by atoms with Crippen LogP contribution in [-0.4, -0.2) is 15.7 Å². The third-order valence-electron chi connectivity index (χ3n) is 3.49. The number of hydrogen-bond donors (Lipinski definition) is 0. The van der Waals surface area contributed by atoms with Gasteiger partial charge in [0.15, 0.2) is 0 Å². The number of carbonyl (C=O) groups is 1. The molecular formula is C17H26O2Si. The molecule has 0 atom stereocenters. The molecule has 0 aliphatic heterocycles. The smallest absolute Gasteiger partial charge is 0.316 e. The summed E-state index contributed by atoms with van der Waals surface area (Å²) in [5.74, 6) is -0.294. The van der Waals surface area contributed by atoms with E-state index < -0.39 is 9.76 Å². The second-order valence-corrected chi connectivity index (χ2v) is 6.41. The molecule has 0 heterocycles. The number of aryl methyl sites for hydroxylation is 1. The lowest BCUT2D eigenvalue weighted by molar-refractivity contribution is -0.128. The van der Waals surface area contributed by atoms with Gasteiger partial charge in [0.2, 0.25) is 0 Å². The van der Waals surface area contributed by atoms with E-state index in [9.17, 15) is 4.79 Å². The maximum Gasteiger partial charge on any atom is 0.316 e. The standard InChI is InChI=1S/C17H26O2Si/c1-4-7-10-14-11-9-13-16(15(14)12-8-5-2)20-19-17(18)6-3/h6,9,11,13H,3-5,7-8,10,12,20H2,1-2H3. The SMILES string of the molecule is C=CC(=O)O[SiH2]c1cccc(CCCC)c1CCCC. The summed E-state index contributed by atoms with van der Waals surface area (Å²) in [6.45, 7) is 7.88. The zero-order valence-corrected chi connectivity index (χ0v) is 14.2. The topological polar surface area (TPSA) is 26.3 Å². The van der Waals surface area contributed by atoms with Gasteiger partial charge >= 0.3 is 5.97 Å². The quantitative estimate of drug-likeness (QED) is 0.516. The highest BCUT2D eigenvalue weighted by Gasteiger charge is 2.10. The van der Waals surface area contributed by atoms with Gasteiger partial charge in [-0.25, -0.2) is 4.79 Å². The minimum atomic E-state index is -0.992. The summed E-state index contributed by atoms with van der Waals surface area (Å²) in [6, 6.07) is 6.46. The monoisotopic (exact) mass is 290 g/mol. The third kappa shape index (κ3) is 5.33. The Morgan fingerprint density at radius 3 is 2.60 bits per heavy atom. The van der Waals surface area contributed by atoms with E-state index in [4.69, 9.17) is 4.43 Å². The van der Waals surface area contributed by atoms with Crippen LogP contribution in [0.15, 0.2) is 30.9 Å². The van der Waals surface area contributed by atoms with E-state index >= 15 is 0 Å². The van der Waals surface area contributed by atoms with Gasteiger partial charge in [-0.2, -0.15) is 0 Å². The minimum Gasteiger partial charge on any atom is -0.517 e. The lowest BCUT2D eigenvalue weighted by atomic mass is 9.98. The molecule has 0 saturated carbocycles. The highest BCUT2D eigenvalue weighted by atomic mass is 28.2. The molecule has 0 bridgehead atoms. The molecule has 110 valence electrons. The van der Waals surface area contributed by atoms with Crippen molar-refractivity contribution in [2.24, 2.45) is 0 Å². The van der Waals surface area contributed by atoms with E-state index in [1.807, 2.05) is 0 Å².